The van der Waals surface area contributed by atoms with E-state index in [0.717, 1.165) is 24.1 Å². The molecule has 1 atom stereocenters. The fourth-order valence-electron chi connectivity index (χ4n) is 3.71. The summed E-state index contributed by atoms with van der Waals surface area (Å²) in [7, 11) is 0. The number of nitrogens with zero attached hydrogens (tertiary/aromatic N) is 1. The molecule has 4 rings (SSSR count). The lowest BCUT2D eigenvalue weighted by Gasteiger charge is -2.38. The standard InChI is InChI=1S/C18H22N4O/c1-11-4-2-3-5-15(11)12-6-14(7-12)21-18(23)16-8-13-9-20-22-17(13)10-19-16/h2-5,9,12,14,16,19H,6-8,10H2,1H3,(H,20,22)(H,21,23). The van der Waals surface area contributed by atoms with Crippen LogP contribution in [0.25, 0.3) is 0 Å². The highest BCUT2D eigenvalue weighted by molar-refractivity contribution is 5.82. The van der Waals surface area contributed by atoms with Crippen molar-refractivity contribution >= 4 is 5.91 Å². The predicted octanol–water partition coefficient (Wildman–Crippen LogP) is 1.79. The van der Waals surface area contributed by atoms with Crippen LogP contribution in [0.2, 0.25) is 0 Å². The minimum absolute atomic E-state index is 0.116. The molecule has 23 heavy (non-hydrogen) atoms. The highest BCUT2D eigenvalue weighted by Gasteiger charge is 2.34. The summed E-state index contributed by atoms with van der Waals surface area (Å²) < 4.78 is 0. The van der Waals surface area contributed by atoms with Gasteiger partial charge in [-0.05, 0) is 42.4 Å². The average molecular weight is 310 g/mol. The van der Waals surface area contributed by atoms with Gasteiger partial charge in [-0.3, -0.25) is 15.2 Å². The number of aromatic amines is 1. The number of hydrogen-bond donors (Lipinski definition) is 3. The van der Waals surface area contributed by atoms with Crippen LogP contribution >= 0.6 is 0 Å². The second-order valence-electron chi connectivity index (χ2n) is 6.74. The Kier molecular flexibility index (Phi) is 3.65. The second kappa shape index (κ2) is 5.81. The van der Waals surface area contributed by atoms with Crippen molar-refractivity contribution in [3.8, 4) is 0 Å². The first-order valence-corrected chi connectivity index (χ1v) is 8.31. The van der Waals surface area contributed by atoms with Crippen LogP contribution in [0.5, 0.6) is 0 Å². The molecule has 0 saturated heterocycles. The summed E-state index contributed by atoms with van der Waals surface area (Å²) >= 11 is 0. The third-order valence-electron chi connectivity index (χ3n) is 5.19. The van der Waals surface area contributed by atoms with Crippen LogP contribution in [-0.2, 0) is 17.8 Å². The van der Waals surface area contributed by atoms with E-state index in [-0.39, 0.29) is 11.9 Å². The molecule has 1 saturated carbocycles. The van der Waals surface area contributed by atoms with Crippen molar-refractivity contribution in [2.45, 2.75) is 50.7 Å². The van der Waals surface area contributed by atoms with Crippen LogP contribution in [0.4, 0.5) is 0 Å². The minimum atomic E-state index is -0.141. The number of fused-ring (bicyclic) bond motifs is 1. The van der Waals surface area contributed by atoms with E-state index in [0.29, 0.717) is 24.9 Å². The third-order valence-corrected chi connectivity index (χ3v) is 5.19. The molecule has 5 nitrogen and oxygen atoms in total. The van der Waals surface area contributed by atoms with Gasteiger partial charge in [0.1, 0.15) is 0 Å². The fourth-order valence-corrected chi connectivity index (χ4v) is 3.71. The van der Waals surface area contributed by atoms with E-state index in [4.69, 9.17) is 0 Å². The summed E-state index contributed by atoms with van der Waals surface area (Å²) in [6.07, 6.45) is 4.63. The minimum Gasteiger partial charge on any atom is -0.352 e. The van der Waals surface area contributed by atoms with Crippen LogP contribution in [0, 0.1) is 6.92 Å². The van der Waals surface area contributed by atoms with E-state index in [1.807, 2.05) is 6.20 Å². The molecular formula is C18H22N4O. The van der Waals surface area contributed by atoms with Crippen LogP contribution in [-0.4, -0.2) is 28.2 Å². The zero-order valence-corrected chi connectivity index (χ0v) is 13.3. The van der Waals surface area contributed by atoms with Crippen molar-refractivity contribution in [1.29, 1.82) is 0 Å². The number of carbonyl (C=O) groups excluding carboxylic acids is 1. The molecule has 3 N–H and O–H groups in total. The van der Waals surface area contributed by atoms with Gasteiger partial charge in [-0.1, -0.05) is 24.3 Å². The maximum Gasteiger partial charge on any atom is 0.237 e. The first-order chi connectivity index (χ1) is 11.2. The molecular weight excluding hydrogens is 288 g/mol. The van der Waals surface area contributed by atoms with E-state index < -0.39 is 0 Å². The number of aryl methyl sites for hydroxylation is 1. The van der Waals surface area contributed by atoms with Gasteiger partial charge in [0, 0.05) is 19.0 Å². The van der Waals surface area contributed by atoms with Crippen LogP contribution < -0.4 is 10.6 Å². The highest BCUT2D eigenvalue weighted by atomic mass is 16.2. The normalized spacial score (nSPS) is 26.2. The van der Waals surface area contributed by atoms with Gasteiger partial charge in [0.05, 0.1) is 17.9 Å². The van der Waals surface area contributed by atoms with Crippen molar-refractivity contribution < 1.29 is 4.79 Å². The summed E-state index contributed by atoms with van der Waals surface area (Å²) in [4.78, 5) is 12.4. The molecule has 2 heterocycles. The van der Waals surface area contributed by atoms with Gasteiger partial charge in [0.25, 0.3) is 0 Å². The quantitative estimate of drug-likeness (QED) is 0.809. The van der Waals surface area contributed by atoms with Crippen molar-refractivity contribution in [1.82, 2.24) is 20.8 Å². The number of nitrogens with one attached hydrogen (secondary N) is 3. The molecule has 2 aromatic rings. The third kappa shape index (κ3) is 2.77. The Morgan fingerprint density at radius 1 is 1.30 bits per heavy atom. The lowest BCUT2D eigenvalue weighted by atomic mass is 9.74. The van der Waals surface area contributed by atoms with Gasteiger partial charge in [0.2, 0.25) is 5.91 Å². The largest absolute Gasteiger partial charge is 0.352 e. The summed E-state index contributed by atoms with van der Waals surface area (Å²) in [5.41, 5.74) is 5.02. The number of carbonyl (C=O) groups is 1. The Labute approximate surface area is 135 Å². The Morgan fingerprint density at radius 2 is 2.13 bits per heavy atom. The highest BCUT2D eigenvalue weighted by Crippen LogP contribution is 2.38. The van der Waals surface area contributed by atoms with Gasteiger partial charge in [-0.25, -0.2) is 0 Å². The Morgan fingerprint density at radius 3 is 2.96 bits per heavy atom. The van der Waals surface area contributed by atoms with Gasteiger partial charge in [0.15, 0.2) is 0 Å². The lowest BCUT2D eigenvalue weighted by Crippen LogP contribution is -2.53. The number of H-pyrrole nitrogens is 1. The molecule has 120 valence electrons. The van der Waals surface area contributed by atoms with Crippen LogP contribution in [0.3, 0.4) is 0 Å². The van der Waals surface area contributed by atoms with Crippen molar-refractivity contribution in [2.75, 3.05) is 0 Å². The van der Waals surface area contributed by atoms with Crippen molar-refractivity contribution in [3.63, 3.8) is 0 Å². The molecule has 0 spiro atoms. The van der Waals surface area contributed by atoms with E-state index in [1.165, 1.54) is 11.1 Å². The average Bonchev–Trinajstić information content (AvgIpc) is 2.98. The second-order valence-corrected chi connectivity index (χ2v) is 6.74. The van der Waals surface area contributed by atoms with Gasteiger partial charge in [-0.15, -0.1) is 0 Å². The zero-order chi connectivity index (χ0) is 15.8. The van der Waals surface area contributed by atoms with Gasteiger partial charge < -0.3 is 5.32 Å². The molecule has 1 aromatic heterocycles. The number of aromatic nitrogens is 2. The topological polar surface area (TPSA) is 69.8 Å². The molecule has 1 fully saturated rings. The van der Waals surface area contributed by atoms with E-state index in [2.05, 4.69) is 52.0 Å². The van der Waals surface area contributed by atoms with Gasteiger partial charge in [-0.2, -0.15) is 5.10 Å². The molecule has 1 aliphatic carbocycles. The van der Waals surface area contributed by atoms with Crippen LogP contribution in [0.1, 0.15) is 41.1 Å². The van der Waals surface area contributed by atoms with Crippen LogP contribution in [0.15, 0.2) is 30.5 Å². The molecule has 0 bridgehead atoms. The molecule has 1 aromatic carbocycles. The summed E-state index contributed by atoms with van der Waals surface area (Å²) in [5.74, 6) is 0.700. The van der Waals surface area contributed by atoms with E-state index in [1.54, 1.807) is 0 Å². The smallest absolute Gasteiger partial charge is 0.237 e. The number of benzene rings is 1. The number of hydrogen-bond acceptors (Lipinski definition) is 3. The molecule has 1 unspecified atom stereocenters. The maximum atomic E-state index is 12.4. The zero-order valence-electron chi connectivity index (χ0n) is 13.3. The van der Waals surface area contributed by atoms with Crippen molar-refractivity contribution in [2.24, 2.45) is 0 Å². The first kappa shape index (κ1) is 14.5. The lowest BCUT2D eigenvalue weighted by molar-refractivity contribution is -0.124. The predicted molar refractivity (Wildman–Crippen MR) is 88.0 cm³/mol. The summed E-state index contributed by atoms with van der Waals surface area (Å²) in [6, 6.07) is 8.71. The SMILES string of the molecule is Cc1ccccc1C1CC(NC(=O)C2Cc3cn[nH]c3CN2)C1. The molecule has 1 amide bonds. The Balaban J connectivity index is 1.31. The Bertz CT molecular complexity index is 717. The molecule has 0 radical (unpaired) electrons. The van der Waals surface area contributed by atoms with Crippen molar-refractivity contribution in [3.05, 3.63) is 52.8 Å². The number of rotatable bonds is 3. The van der Waals surface area contributed by atoms with E-state index >= 15 is 0 Å². The first-order valence-electron chi connectivity index (χ1n) is 8.31. The van der Waals surface area contributed by atoms with Gasteiger partial charge >= 0.3 is 0 Å². The monoisotopic (exact) mass is 310 g/mol. The summed E-state index contributed by atoms with van der Waals surface area (Å²) in [5, 5.41) is 13.5. The molecule has 5 heteroatoms. The fraction of sp³-hybridized carbons (Fsp3) is 0.444. The molecule has 2 aliphatic rings. The molecule has 1 aliphatic heterocycles. The maximum absolute atomic E-state index is 12.4. The van der Waals surface area contributed by atoms with E-state index in [9.17, 15) is 4.79 Å². The number of amides is 1. The summed E-state index contributed by atoms with van der Waals surface area (Å²) in [6.45, 7) is 2.85. The Hall–Kier alpha value is -2.14.